The van der Waals surface area contributed by atoms with Gasteiger partial charge in [0.25, 0.3) is 0 Å². The van der Waals surface area contributed by atoms with Crippen LogP contribution >= 0.6 is 0 Å². The number of benzene rings is 6. The first kappa shape index (κ1) is 28.8. The van der Waals surface area contributed by atoms with Crippen molar-refractivity contribution in [3.05, 3.63) is 192 Å². The molecule has 6 aromatic carbocycles. The monoisotopic (exact) mass is 668 g/mol. The molecule has 11 rings (SSSR count). The smallest absolute Gasteiger partial charge is 0.153 e. The maximum Gasteiger partial charge on any atom is 0.153 e. The molecule has 244 valence electrons. The normalized spacial score (nSPS) is 13.3. The van der Waals surface area contributed by atoms with E-state index in [4.69, 9.17) is 23.5 Å². The molecule has 0 radical (unpaired) electrons. The van der Waals surface area contributed by atoms with Gasteiger partial charge in [-0.25, -0.2) is 0 Å². The fraction of sp³-hybridized carbons (Fsp3) is 0.0213. The number of ether oxygens (including phenoxy) is 1. The summed E-state index contributed by atoms with van der Waals surface area (Å²) in [5, 5.41) is 4.25. The second-order valence-corrected chi connectivity index (χ2v) is 13.3. The number of fused-ring (bicyclic) bond motifs is 8. The lowest BCUT2D eigenvalue weighted by Gasteiger charge is -2.41. The second-order valence-electron chi connectivity index (χ2n) is 13.3. The van der Waals surface area contributed by atoms with Crippen molar-refractivity contribution in [3.63, 3.8) is 0 Å². The first-order valence-electron chi connectivity index (χ1n) is 17.4. The minimum atomic E-state index is -0.726. The molecule has 0 amide bonds. The Kier molecular flexibility index (Phi) is 6.10. The maximum absolute atomic E-state index is 6.62. The van der Waals surface area contributed by atoms with Gasteiger partial charge >= 0.3 is 0 Å². The third-order valence-electron chi connectivity index (χ3n) is 10.5. The number of hydrogen-bond donors (Lipinski definition) is 0. The minimum absolute atomic E-state index is 0.726. The molecule has 0 saturated heterocycles. The van der Waals surface area contributed by atoms with Crippen molar-refractivity contribution in [3.8, 4) is 34.0 Å². The van der Waals surface area contributed by atoms with Gasteiger partial charge in [0.05, 0.1) is 29.2 Å². The van der Waals surface area contributed by atoms with Gasteiger partial charge in [0.2, 0.25) is 0 Å². The zero-order valence-electron chi connectivity index (χ0n) is 27.8. The average molecular weight is 669 g/mol. The van der Waals surface area contributed by atoms with Gasteiger partial charge in [-0.1, -0.05) is 109 Å². The van der Waals surface area contributed by atoms with E-state index >= 15 is 0 Å². The summed E-state index contributed by atoms with van der Waals surface area (Å²) < 4.78 is 18.9. The highest BCUT2D eigenvalue weighted by atomic mass is 16.5. The molecule has 0 atom stereocenters. The predicted molar refractivity (Wildman–Crippen MR) is 206 cm³/mol. The summed E-state index contributed by atoms with van der Waals surface area (Å²) >= 11 is 0. The highest BCUT2D eigenvalue weighted by molar-refractivity contribution is 6.06. The third kappa shape index (κ3) is 4.17. The topological polar surface area (TPSA) is 61.3 Å². The van der Waals surface area contributed by atoms with Crippen LogP contribution in [0.2, 0.25) is 0 Å². The lowest BCUT2D eigenvalue weighted by molar-refractivity contribution is 0.434. The first-order valence-corrected chi connectivity index (χ1v) is 17.4. The van der Waals surface area contributed by atoms with Crippen LogP contribution in [0.4, 0.5) is 0 Å². The Morgan fingerprint density at radius 2 is 0.846 bits per heavy atom. The van der Waals surface area contributed by atoms with Gasteiger partial charge in [-0.05, 0) is 59.7 Å². The van der Waals surface area contributed by atoms with Gasteiger partial charge in [0.1, 0.15) is 22.7 Å². The lowest BCUT2D eigenvalue weighted by atomic mass is 9.63. The van der Waals surface area contributed by atoms with E-state index in [2.05, 4.69) is 109 Å². The highest BCUT2D eigenvalue weighted by Gasteiger charge is 2.45. The summed E-state index contributed by atoms with van der Waals surface area (Å²) in [5.41, 5.74) is 10.7. The minimum Gasteiger partial charge on any atom is -0.457 e. The number of pyridine rings is 2. The molecule has 4 aromatic heterocycles. The van der Waals surface area contributed by atoms with Crippen molar-refractivity contribution in [2.45, 2.75) is 5.41 Å². The molecule has 0 unspecified atom stereocenters. The van der Waals surface area contributed by atoms with Crippen LogP contribution < -0.4 is 4.74 Å². The van der Waals surface area contributed by atoms with E-state index < -0.39 is 5.41 Å². The summed E-state index contributed by atoms with van der Waals surface area (Å²) in [4.78, 5) is 9.81. The summed E-state index contributed by atoms with van der Waals surface area (Å²) in [5.74, 6) is 1.65. The summed E-state index contributed by atoms with van der Waals surface area (Å²) in [7, 11) is 0. The van der Waals surface area contributed by atoms with Crippen molar-refractivity contribution in [2.75, 3.05) is 0 Å². The van der Waals surface area contributed by atoms with Crippen molar-refractivity contribution >= 4 is 43.9 Å². The molecule has 10 aromatic rings. The summed E-state index contributed by atoms with van der Waals surface area (Å²) in [6.45, 7) is 0. The van der Waals surface area contributed by atoms with E-state index in [-0.39, 0.29) is 0 Å². The number of para-hydroxylation sites is 4. The van der Waals surface area contributed by atoms with Gasteiger partial charge < -0.3 is 13.6 Å². The molecular weight excluding hydrogens is 641 g/mol. The summed E-state index contributed by atoms with van der Waals surface area (Å²) in [6.07, 6.45) is 3.67. The Balaban J connectivity index is 1.15. The number of nitrogens with zero attached hydrogens (tertiary/aromatic N) is 2. The second kappa shape index (κ2) is 11.0. The van der Waals surface area contributed by atoms with Crippen molar-refractivity contribution < 1.29 is 13.6 Å². The lowest BCUT2D eigenvalue weighted by Crippen LogP contribution is -2.34. The van der Waals surface area contributed by atoms with E-state index in [0.717, 1.165) is 100 Å². The van der Waals surface area contributed by atoms with Crippen LogP contribution in [0.3, 0.4) is 0 Å². The number of furan rings is 2. The quantitative estimate of drug-likeness (QED) is 0.187. The molecule has 0 bridgehead atoms. The van der Waals surface area contributed by atoms with E-state index in [1.807, 2.05) is 60.9 Å². The van der Waals surface area contributed by atoms with Crippen LogP contribution in [0.15, 0.2) is 179 Å². The molecule has 1 aliphatic rings. The number of rotatable bonds is 4. The molecule has 0 aliphatic carbocycles. The van der Waals surface area contributed by atoms with Crippen LogP contribution in [0, 0.1) is 0 Å². The molecular formula is C47H28N2O3. The molecule has 5 heteroatoms. The Labute approximate surface area is 298 Å². The van der Waals surface area contributed by atoms with Gasteiger partial charge in [-0.3, -0.25) is 9.97 Å². The van der Waals surface area contributed by atoms with Crippen LogP contribution in [-0.4, -0.2) is 9.97 Å². The molecule has 5 nitrogen and oxygen atoms in total. The molecule has 5 heterocycles. The van der Waals surface area contributed by atoms with Gasteiger partial charge in [0, 0.05) is 43.8 Å². The fourth-order valence-corrected chi connectivity index (χ4v) is 8.18. The van der Waals surface area contributed by atoms with E-state index in [9.17, 15) is 0 Å². The van der Waals surface area contributed by atoms with Gasteiger partial charge in [0.15, 0.2) is 11.2 Å². The Morgan fingerprint density at radius 1 is 0.385 bits per heavy atom. The number of hydrogen-bond acceptors (Lipinski definition) is 5. The zero-order chi connectivity index (χ0) is 34.2. The predicted octanol–water partition coefficient (Wildman–Crippen LogP) is 12.1. The molecule has 0 saturated carbocycles. The van der Waals surface area contributed by atoms with Crippen molar-refractivity contribution in [2.24, 2.45) is 0 Å². The van der Waals surface area contributed by atoms with Crippen LogP contribution in [0.5, 0.6) is 11.5 Å². The molecule has 0 spiro atoms. The highest BCUT2D eigenvalue weighted by Crippen LogP contribution is 2.56. The Hall–Kier alpha value is -6.98. The van der Waals surface area contributed by atoms with Crippen LogP contribution in [0.1, 0.15) is 22.3 Å². The van der Waals surface area contributed by atoms with E-state index in [0.29, 0.717) is 0 Å². The average Bonchev–Trinajstić information content (AvgIpc) is 3.78. The fourth-order valence-electron chi connectivity index (χ4n) is 8.18. The molecule has 0 N–H and O–H groups in total. The Bertz CT molecular complexity index is 2820. The largest absolute Gasteiger partial charge is 0.457 e. The van der Waals surface area contributed by atoms with Crippen LogP contribution in [0.25, 0.3) is 66.4 Å². The Morgan fingerprint density at radius 3 is 1.37 bits per heavy atom. The SMILES string of the molecule is c1cc(-c2cc3c(cn2)oc2ccccc23)cc(C2(c3cccc(-c4cc5c(cn4)oc4ccccc45)c3)c3ccccc3Oc3ccccc32)c1. The van der Waals surface area contributed by atoms with Gasteiger partial charge in [-0.15, -0.1) is 0 Å². The first-order chi connectivity index (χ1) is 25.7. The molecule has 52 heavy (non-hydrogen) atoms. The van der Waals surface area contributed by atoms with E-state index in [1.165, 1.54) is 0 Å². The molecule has 1 aliphatic heterocycles. The van der Waals surface area contributed by atoms with E-state index in [1.54, 1.807) is 0 Å². The van der Waals surface area contributed by atoms with Gasteiger partial charge in [-0.2, -0.15) is 0 Å². The summed E-state index contributed by atoms with van der Waals surface area (Å²) in [6, 6.07) is 54.9. The zero-order valence-corrected chi connectivity index (χ0v) is 27.8. The standard InChI is InChI=1S/C47H28N2O3/c1-5-19-41-33(15-1)35-25-39(48-27-45(35)50-41)29-11-9-13-31(23-29)47(37-17-3-7-21-43(37)52-44-22-8-4-18-38(44)47)32-14-10-12-30(24-32)40-26-36-34-16-2-6-20-42(34)51-46(36)28-49-40/h1-28H. The third-order valence-corrected chi connectivity index (χ3v) is 10.5. The van der Waals surface area contributed by atoms with Crippen molar-refractivity contribution in [1.29, 1.82) is 0 Å². The molecule has 0 fully saturated rings. The maximum atomic E-state index is 6.62. The number of aromatic nitrogens is 2. The van der Waals surface area contributed by atoms with Crippen molar-refractivity contribution in [1.82, 2.24) is 9.97 Å². The van der Waals surface area contributed by atoms with Crippen LogP contribution in [-0.2, 0) is 5.41 Å².